The molecule has 0 bridgehead atoms. The van der Waals surface area contributed by atoms with E-state index >= 15 is 0 Å². The molecule has 1 aromatic carbocycles. The Bertz CT molecular complexity index is 418. The fraction of sp³-hybridized carbons (Fsp3) is 0.500. The van der Waals surface area contributed by atoms with Gasteiger partial charge in [-0.05, 0) is 31.0 Å². The second-order valence-electron chi connectivity index (χ2n) is 4.46. The van der Waals surface area contributed by atoms with E-state index in [2.05, 4.69) is 19.2 Å². The minimum absolute atomic E-state index is 0.000283. The van der Waals surface area contributed by atoms with Gasteiger partial charge in [-0.2, -0.15) is 0 Å². The van der Waals surface area contributed by atoms with Crippen molar-refractivity contribution in [2.75, 3.05) is 0 Å². The summed E-state index contributed by atoms with van der Waals surface area (Å²) < 4.78 is 13.5. The quantitative estimate of drug-likeness (QED) is 0.861. The minimum atomic E-state index is -0.548. The first-order chi connectivity index (χ1) is 8.49. The summed E-state index contributed by atoms with van der Waals surface area (Å²) in [6.45, 7) is 6.10. The largest absolute Gasteiger partial charge is 0.349 e. The number of nitrogens with one attached hydrogen (secondary N) is 1. The number of amides is 1. The van der Waals surface area contributed by atoms with Gasteiger partial charge >= 0.3 is 0 Å². The summed E-state index contributed by atoms with van der Waals surface area (Å²) in [5.74, 6) is -0.556. The molecule has 18 heavy (non-hydrogen) atoms. The second kappa shape index (κ2) is 6.74. The molecule has 100 valence electrons. The first-order valence-corrected chi connectivity index (χ1v) is 6.63. The lowest BCUT2D eigenvalue weighted by Gasteiger charge is -2.22. The third-order valence-electron chi connectivity index (χ3n) is 3.29. The fourth-order valence-corrected chi connectivity index (χ4v) is 2.24. The predicted octanol–water partition coefficient (Wildman–Crippen LogP) is 4.03. The highest BCUT2D eigenvalue weighted by Gasteiger charge is 2.18. The molecule has 0 aromatic heterocycles. The summed E-state index contributed by atoms with van der Waals surface area (Å²) in [4.78, 5) is 12.0. The third kappa shape index (κ3) is 3.70. The van der Waals surface area contributed by atoms with E-state index in [1.165, 1.54) is 18.2 Å². The summed E-state index contributed by atoms with van der Waals surface area (Å²) in [5, 5.41) is 3.19. The van der Waals surface area contributed by atoms with E-state index in [-0.39, 0.29) is 11.6 Å². The van der Waals surface area contributed by atoms with Crippen LogP contribution in [0.2, 0.25) is 5.02 Å². The predicted molar refractivity (Wildman–Crippen MR) is 72.4 cm³/mol. The third-order valence-corrected chi connectivity index (χ3v) is 3.52. The van der Waals surface area contributed by atoms with Gasteiger partial charge < -0.3 is 5.32 Å². The van der Waals surface area contributed by atoms with Crippen molar-refractivity contribution in [2.45, 2.75) is 39.7 Å². The normalized spacial score (nSPS) is 12.6. The first kappa shape index (κ1) is 15.0. The summed E-state index contributed by atoms with van der Waals surface area (Å²) in [6.07, 6.45) is 1.96. The zero-order chi connectivity index (χ0) is 13.7. The average Bonchev–Trinajstić information content (AvgIpc) is 2.33. The van der Waals surface area contributed by atoms with Crippen LogP contribution in [0.5, 0.6) is 0 Å². The lowest BCUT2D eigenvalue weighted by Crippen LogP contribution is -2.38. The number of carbonyl (C=O) groups is 1. The Morgan fingerprint density at radius 2 is 2.00 bits per heavy atom. The van der Waals surface area contributed by atoms with Gasteiger partial charge in [0.2, 0.25) is 0 Å². The van der Waals surface area contributed by atoms with E-state index < -0.39 is 11.7 Å². The standard InChI is InChI=1S/C14H19ClFNO/c1-4-10(5-2)9(3)17-14(18)12-8-11(15)6-7-13(12)16/h6-10H,4-5H2,1-3H3,(H,17,18). The molecule has 0 aliphatic heterocycles. The SMILES string of the molecule is CCC(CC)C(C)NC(=O)c1cc(Cl)ccc1F. The number of benzene rings is 1. The molecule has 1 aromatic rings. The van der Waals surface area contributed by atoms with Gasteiger partial charge in [0.15, 0.2) is 0 Å². The Morgan fingerprint density at radius 1 is 1.39 bits per heavy atom. The number of halogens is 2. The van der Waals surface area contributed by atoms with Gasteiger partial charge in [0.25, 0.3) is 5.91 Å². The Kier molecular flexibility index (Phi) is 5.60. The van der Waals surface area contributed by atoms with Crippen LogP contribution < -0.4 is 5.32 Å². The second-order valence-corrected chi connectivity index (χ2v) is 4.90. The van der Waals surface area contributed by atoms with E-state index in [9.17, 15) is 9.18 Å². The highest BCUT2D eigenvalue weighted by atomic mass is 35.5. The summed E-state index contributed by atoms with van der Waals surface area (Å²) in [5.41, 5.74) is 0.000283. The fourth-order valence-electron chi connectivity index (χ4n) is 2.07. The Balaban J connectivity index is 2.79. The van der Waals surface area contributed by atoms with Crippen LogP contribution in [0.25, 0.3) is 0 Å². The first-order valence-electron chi connectivity index (χ1n) is 6.25. The summed E-state index contributed by atoms with van der Waals surface area (Å²) >= 11 is 5.77. The molecule has 0 aliphatic carbocycles. The van der Waals surface area contributed by atoms with Crippen LogP contribution in [0.15, 0.2) is 18.2 Å². The Labute approximate surface area is 113 Å². The molecule has 4 heteroatoms. The van der Waals surface area contributed by atoms with Gasteiger partial charge in [-0.15, -0.1) is 0 Å². The van der Waals surface area contributed by atoms with Crippen LogP contribution in [-0.2, 0) is 0 Å². The van der Waals surface area contributed by atoms with Gasteiger partial charge in [0.1, 0.15) is 5.82 Å². The van der Waals surface area contributed by atoms with Crippen LogP contribution in [0, 0.1) is 11.7 Å². The maximum absolute atomic E-state index is 13.5. The molecule has 1 amide bonds. The van der Waals surface area contributed by atoms with Crippen molar-refractivity contribution in [3.05, 3.63) is 34.6 Å². The van der Waals surface area contributed by atoms with Crippen molar-refractivity contribution in [2.24, 2.45) is 5.92 Å². The molecule has 0 spiro atoms. The Morgan fingerprint density at radius 3 is 2.56 bits per heavy atom. The van der Waals surface area contributed by atoms with Crippen LogP contribution in [0.4, 0.5) is 4.39 Å². The van der Waals surface area contributed by atoms with Crippen molar-refractivity contribution in [1.82, 2.24) is 5.32 Å². The lowest BCUT2D eigenvalue weighted by molar-refractivity contribution is 0.0921. The maximum Gasteiger partial charge on any atom is 0.254 e. The van der Waals surface area contributed by atoms with Gasteiger partial charge in [-0.25, -0.2) is 4.39 Å². The van der Waals surface area contributed by atoms with Crippen LogP contribution >= 0.6 is 11.6 Å². The Hall–Kier alpha value is -1.09. The van der Waals surface area contributed by atoms with Gasteiger partial charge in [-0.1, -0.05) is 38.3 Å². The monoisotopic (exact) mass is 271 g/mol. The number of hydrogen-bond donors (Lipinski definition) is 1. The van der Waals surface area contributed by atoms with Crippen molar-refractivity contribution < 1.29 is 9.18 Å². The molecular weight excluding hydrogens is 253 g/mol. The van der Waals surface area contributed by atoms with E-state index in [4.69, 9.17) is 11.6 Å². The van der Waals surface area contributed by atoms with Crippen LogP contribution in [-0.4, -0.2) is 11.9 Å². The van der Waals surface area contributed by atoms with Gasteiger partial charge in [0.05, 0.1) is 5.56 Å². The molecule has 1 unspecified atom stereocenters. The van der Waals surface area contributed by atoms with E-state index in [0.717, 1.165) is 12.8 Å². The molecule has 0 saturated heterocycles. The lowest BCUT2D eigenvalue weighted by atomic mass is 9.95. The highest BCUT2D eigenvalue weighted by Crippen LogP contribution is 2.17. The molecule has 2 nitrogen and oxygen atoms in total. The number of carbonyl (C=O) groups excluding carboxylic acids is 1. The van der Waals surface area contributed by atoms with Crippen molar-refractivity contribution in [3.8, 4) is 0 Å². The van der Waals surface area contributed by atoms with E-state index in [0.29, 0.717) is 10.9 Å². The molecule has 1 N–H and O–H groups in total. The maximum atomic E-state index is 13.5. The van der Waals surface area contributed by atoms with E-state index in [1.54, 1.807) is 0 Å². The number of rotatable bonds is 5. The summed E-state index contributed by atoms with van der Waals surface area (Å²) in [6, 6.07) is 4.01. The highest BCUT2D eigenvalue weighted by molar-refractivity contribution is 6.31. The zero-order valence-electron chi connectivity index (χ0n) is 11.0. The van der Waals surface area contributed by atoms with Crippen molar-refractivity contribution in [3.63, 3.8) is 0 Å². The van der Waals surface area contributed by atoms with Crippen LogP contribution in [0.1, 0.15) is 44.0 Å². The smallest absolute Gasteiger partial charge is 0.254 e. The molecule has 1 rings (SSSR count). The molecule has 1 atom stereocenters. The average molecular weight is 272 g/mol. The molecule has 0 heterocycles. The van der Waals surface area contributed by atoms with Crippen molar-refractivity contribution in [1.29, 1.82) is 0 Å². The molecule has 0 aliphatic rings. The molecule has 0 fully saturated rings. The van der Waals surface area contributed by atoms with Gasteiger partial charge in [-0.3, -0.25) is 4.79 Å². The minimum Gasteiger partial charge on any atom is -0.349 e. The molecule has 0 radical (unpaired) electrons. The van der Waals surface area contributed by atoms with E-state index in [1.807, 2.05) is 6.92 Å². The summed E-state index contributed by atoms with van der Waals surface area (Å²) in [7, 11) is 0. The van der Waals surface area contributed by atoms with Crippen molar-refractivity contribution >= 4 is 17.5 Å². The molecule has 0 saturated carbocycles. The zero-order valence-corrected chi connectivity index (χ0v) is 11.7. The topological polar surface area (TPSA) is 29.1 Å². The van der Waals surface area contributed by atoms with Gasteiger partial charge in [0, 0.05) is 11.1 Å². The van der Waals surface area contributed by atoms with Crippen LogP contribution in [0.3, 0.4) is 0 Å². The number of hydrogen-bond acceptors (Lipinski definition) is 1. The molecular formula is C14H19ClFNO.